The number of aromatic nitrogens is 1. The predicted molar refractivity (Wildman–Crippen MR) is 103 cm³/mol. The predicted octanol–water partition coefficient (Wildman–Crippen LogP) is 4.11. The van der Waals surface area contributed by atoms with Crippen LogP contribution in [0.15, 0.2) is 6.07 Å². The summed E-state index contributed by atoms with van der Waals surface area (Å²) in [5.74, 6) is 0.205. The molecule has 0 amide bonds. The average Bonchev–Trinajstić information content (AvgIpc) is 2.91. The van der Waals surface area contributed by atoms with Crippen molar-refractivity contribution in [3.8, 4) is 5.75 Å². The van der Waals surface area contributed by atoms with Gasteiger partial charge < -0.3 is 15.6 Å². The molecule has 0 bridgehead atoms. The third kappa shape index (κ3) is 5.00. The molecule has 0 saturated carbocycles. The third-order valence-electron chi connectivity index (χ3n) is 3.80. The zero-order valence-corrected chi connectivity index (χ0v) is 17.9. The second-order valence-electron chi connectivity index (χ2n) is 7.17. The van der Waals surface area contributed by atoms with Crippen molar-refractivity contribution in [3.63, 3.8) is 0 Å². The van der Waals surface area contributed by atoms with E-state index in [1.54, 1.807) is 6.92 Å². The van der Waals surface area contributed by atoms with E-state index in [9.17, 15) is 18.3 Å². The highest BCUT2D eigenvalue weighted by Gasteiger charge is 2.56. The largest absolute Gasteiger partial charge is 0.488 e. The number of halogens is 4. The first-order chi connectivity index (χ1) is 12.2. The van der Waals surface area contributed by atoms with E-state index in [-0.39, 0.29) is 22.3 Å². The molecule has 156 valence electrons. The number of pyridine rings is 1. The second kappa shape index (κ2) is 8.32. The number of hydrogen-bond donors (Lipinski definition) is 3. The van der Waals surface area contributed by atoms with Gasteiger partial charge in [0.05, 0.1) is 11.2 Å². The van der Waals surface area contributed by atoms with E-state index in [4.69, 9.17) is 22.1 Å². The summed E-state index contributed by atoms with van der Waals surface area (Å²) < 4.78 is 48.6. The summed E-state index contributed by atoms with van der Waals surface area (Å²) in [6, 6.07) is 1.16. The normalized spacial score (nSPS) is 21.6. The van der Waals surface area contributed by atoms with Gasteiger partial charge in [0.2, 0.25) is 5.60 Å². The van der Waals surface area contributed by atoms with Crippen LogP contribution in [0, 0.1) is 0 Å². The molecule has 10 heteroatoms. The number of nitrogens with zero attached hydrogens (tertiary/aromatic N) is 1. The molecule has 2 unspecified atom stereocenters. The number of alkyl halides is 3. The van der Waals surface area contributed by atoms with E-state index >= 15 is 0 Å². The molecule has 5 nitrogen and oxygen atoms in total. The van der Waals surface area contributed by atoms with E-state index in [1.165, 1.54) is 11.9 Å². The Labute approximate surface area is 167 Å². The lowest BCUT2D eigenvalue weighted by molar-refractivity contribution is -0.263. The molecule has 4 N–H and O–H groups in total. The summed E-state index contributed by atoms with van der Waals surface area (Å²) in [6.45, 7) is 10.9. The Hall–Kier alpha value is -0.740. The summed E-state index contributed by atoms with van der Waals surface area (Å²) in [6.07, 6.45) is -4.99. The van der Waals surface area contributed by atoms with Crippen LogP contribution in [0.5, 0.6) is 5.75 Å². The quantitative estimate of drug-likeness (QED) is 0.493. The van der Waals surface area contributed by atoms with Gasteiger partial charge in [-0.05, 0) is 33.8 Å². The second-order valence-corrected chi connectivity index (χ2v) is 9.17. The number of hydrogen-bond acceptors (Lipinski definition) is 6. The number of nitrogens with two attached hydrogens (primary N) is 1. The molecule has 27 heavy (non-hydrogen) atoms. The fraction of sp³-hybridized carbons (Fsp3) is 0.706. The first-order valence-corrected chi connectivity index (χ1v) is 9.71. The Kier molecular flexibility index (Phi) is 7.49. The van der Waals surface area contributed by atoms with Crippen molar-refractivity contribution in [1.29, 1.82) is 0 Å². The Balaban J connectivity index is 0.00000176. The van der Waals surface area contributed by atoms with Crippen LogP contribution in [0.4, 0.5) is 13.2 Å². The molecule has 1 aromatic rings. The van der Waals surface area contributed by atoms with Crippen molar-refractivity contribution >= 4 is 23.5 Å². The molecule has 2 atom stereocenters. The summed E-state index contributed by atoms with van der Waals surface area (Å²) in [4.78, 5) is 3.68. The molecule has 2 rings (SSSR count). The Morgan fingerprint density at radius 1 is 1.37 bits per heavy atom. The standard InChI is InChI=1S/C15H21ClF3N3O2S.C2H6/c1-12(2,3)25-22-13(4)7-24-10-8(13)5-9(21-11(10)16)14(23,6-20)15(17,18)19;1-2/h5,22-23H,6-7,20H2,1-4H3;1-2H3. The SMILES string of the molecule is CC.CC(C)(C)SNC1(C)COc2c1cc(C(O)(CN)C(F)(F)F)nc2Cl. The first kappa shape index (κ1) is 24.3. The van der Waals surface area contributed by atoms with Crippen LogP contribution >= 0.6 is 23.5 Å². The third-order valence-corrected chi connectivity index (χ3v) is 5.22. The minimum Gasteiger partial charge on any atom is -0.488 e. The van der Waals surface area contributed by atoms with Crippen LogP contribution in [-0.4, -0.2) is 34.2 Å². The van der Waals surface area contributed by atoms with Gasteiger partial charge in [-0.25, -0.2) is 9.71 Å². The lowest BCUT2D eigenvalue weighted by atomic mass is 9.91. The van der Waals surface area contributed by atoms with Gasteiger partial charge in [0.25, 0.3) is 0 Å². The van der Waals surface area contributed by atoms with Gasteiger partial charge in [0.15, 0.2) is 10.9 Å². The van der Waals surface area contributed by atoms with Crippen LogP contribution in [0.25, 0.3) is 0 Å². The lowest BCUT2D eigenvalue weighted by Gasteiger charge is -2.31. The maximum absolute atomic E-state index is 13.3. The number of ether oxygens (including phenoxy) is 1. The summed E-state index contributed by atoms with van der Waals surface area (Å²) in [5, 5.41) is 9.83. The topological polar surface area (TPSA) is 80.4 Å². The molecular formula is C17H27ClF3N3O2S. The highest BCUT2D eigenvalue weighted by Crippen LogP contribution is 2.46. The molecule has 0 aromatic carbocycles. The minimum absolute atomic E-state index is 0.130. The summed E-state index contributed by atoms with van der Waals surface area (Å²) in [7, 11) is 0. The fourth-order valence-electron chi connectivity index (χ4n) is 2.27. The molecule has 0 radical (unpaired) electrons. The zero-order valence-electron chi connectivity index (χ0n) is 16.3. The van der Waals surface area contributed by atoms with Crippen LogP contribution in [0.3, 0.4) is 0 Å². The van der Waals surface area contributed by atoms with Crippen molar-refractivity contribution in [3.05, 3.63) is 22.5 Å². The molecule has 1 aromatic heterocycles. The summed E-state index contributed by atoms with van der Waals surface area (Å²) >= 11 is 7.44. The van der Waals surface area contributed by atoms with E-state index < -0.39 is 29.6 Å². The Morgan fingerprint density at radius 2 is 1.93 bits per heavy atom. The van der Waals surface area contributed by atoms with Gasteiger partial charge in [0.1, 0.15) is 6.61 Å². The van der Waals surface area contributed by atoms with Gasteiger partial charge in [-0.3, -0.25) is 0 Å². The fourth-order valence-corrected chi connectivity index (χ4v) is 3.22. The highest BCUT2D eigenvalue weighted by atomic mass is 35.5. The molecule has 0 saturated heterocycles. The molecule has 0 spiro atoms. The number of nitrogens with one attached hydrogen (secondary N) is 1. The highest BCUT2D eigenvalue weighted by molar-refractivity contribution is 7.98. The van der Waals surface area contributed by atoms with E-state index in [0.29, 0.717) is 5.56 Å². The van der Waals surface area contributed by atoms with Gasteiger partial charge in [-0.15, -0.1) is 0 Å². The van der Waals surface area contributed by atoms with Crippen LogP contribution in [-0.2, 0) is 11.1 Å². The molecule has 1 aliphatic heterocycles. The van der Waals surface area contributed by atoms with Crippen molar-refractivity contribution in [2.24, 2.45) is 5.73 Å². The monoisotopic (exact) mass is 429 g/mol. The van der Waals surface area contributed by atoms with E-state index in [2.05, 4.69) is 9.71 Å². The van der Waals surface area contributed by atoms with Gasteiger partial charge >= 0.3 is 6.18 Å². The number of fused-ring (bicyclic) bond motifs is 1. The van der Waals surface area contributed by atoms with Crippen molar-refractivity contribution in [2.45, 2.75) is 63.6 Å². The van der Waals surface area contributed by atoms with Crippen molar-refractivity contribution < 1.29 is 23.0 Å². The van der Waals surface area contributed by atoms with E-state index in [1.807, 2.05) is 34.6 Å². The zero-order chi connectivity index (χ0) is 21.3. The van der Waals surface area contributed by atoms with Crippen molar-refractivity contribution in [1.82, 2.24) is 9.71 Å². The number of rotatable bonds is 4. The summed E-state index contributed by atoms with van der Waals surface area (Å²) in [5.41, 5.74) is 0.869. The molecule has 0 aliphatic carbocycles. The minimum atomic E-state index is -4.99. The lowest BCUT2D eigenvalue weighted by Crippen LogP contribution is -2.49. The molecule has 1 aliphatic rings. The van der Waals surface area contributed by atoms with Gasteiger partial charge in [-0.1, -0.05) is 37.4 Å². The van der Waals surface area contributed by atoms with Crippen LogP contribution in [0.2, 0.25) is 5.15 Å². The Bertz CT molecular complexity index is 670. The van der Waals surface area contributed by atoms with Crippen LogP contribution < -0.4 is 15.2 Å². The first-order valence-electron chi connectivity index (χ1n) is 8.52. The Morgan fingerprint density at radius 3 is 2.37 bits per heavy atom. The average molecular weight is 430 g/mol. The smallest absolute Gasteiger partial charge is 0.424 e. The van der Waals surface area contributed by atoms with Gasteiger partial charge in [-0.2, -0.15) is 13.2 Å². The maximum atomic E-state index is 13.3. The molecular weight excluding hydrogens is 403 g/mol. The van der Waals surface area contributed by atoms with Gasteiger partial charge in [0, 0.05) is 16.9 Å². The van der Waals surface area contributed by atoms with Crippen LogP contribution in [0.1, 0.15) is 52.8 Å². The number of aliphatic hydroxyl groups is 1. The maximum Gasteiger partial charge on any atom is 0.424 e. The molecule has 2 heterocycles. The molecule has 0 fully saturated rings. The van der Waals surface area contributed by atoms with Crippen molar-refractivity contribution in [2.75, 3.05) is 13.2 Å². The van der Waals surface area contributed by atoms with E-state index in [0.717, 1.165) is 6.07 Å².